The van der Waals surface area contributed by atoms with Crippen molar-refractivity contribution in [1.29, 1.82) is 0 Å². The fraction of sp³-hybridized carbons (Fsp3) is 0.429. The molecule has 0 aliphatic carbocycles. The SMILES string of the molecule is C[C@H](NC(=O)OC(C)(C)C)C(=O)Oc1ccc(Cl)cc1. The van der Waals surface area contributed by atoms with Crippen LogP contribution in [0.15, 0.2) is 24.3 Å². The maximum Gasteiger partial charge on any atom is 0.408 e. The summed E-state index contributed by atoms with van der Waals surface area (Å²) >= 11 is 5.73. The van der Waals surface area contributed by atoms with Crippen LogP contribution in [-0.4, -0.2) is 23.7 Å². The topological polar surface area (TPSA) is 64.6 Å². The molecule has 1 amide bonds. The molecule has 6 heteroatoms. The molecule has 0 bridgehead atoms. The molecule has 1 aromatic carbocycles. The molecule has 0 aromatic heterocycles. The van der Waals surface area contributed by atoms with Gasteiger partial charge >= 0.3 is 12.1 Å². The van der Waals surface area contributed by atoms with Crippen molar-refractivity contribution in [2.75, 3.05) is 0 Å². The molecule has 0 heterocycles. The molecule has 20 heavy (non-hydrogen) atoms. The zero-order valence-electron chi connectivity index (χ0n) is 11.9. The second kappa shape index (κ2) is 6.61. The molecule has 0 saturated carbocycles. The van der Waals surface area contributed by atoms with E-state index in [1.54, 1.807) is 45.0 Å². The van der Waals surface area contributed by atoms with Gasteiger partial charge in [-0.05, 0) is 52.0 Å². The first-order valence-corrected chi connectivity index (χ1v) is 6.52. The molecular weight excluding hydrogens is 282 g/mol. The van der Waals surface area contributed by atoms with E-state index in [9.17, 15) is 9.59 Å². The smallest absolute Gasteiger partial charge is 0.408 e. The van der Waals surface area contributed by atoms with Gasteiger partial charge in [-0.15, -0.1) is 0 Å². The Hall–Kier alpha value is -1.75. The Balaban J connectivity index is 2.51. The lowest BCUT2D eigenvalue weighted by Crippen LogP contribution is -2.43. The largest absolute Gasteiger partial charge is 0.444 e. The molecule has 0 aliphatic rings. The van der Waals surface area contributed by atoms with Crippen molar-refractivity contribution in [1.82, 2.24) is 5.32 Å². The number of esters is 1. The van der Waals surface area contributed by atoms with E-state index >= 15 is 0 Å². The summed E-state index contributed by atoms with van der Waals surface area (Å²) < 4.78 is 10.1. The minimum absolute atomic E-state index is 0.359. The van der Waals surface area contributed by atoms with Gasteiger partial charge < -0.3 is 14.8 Å². The van der Waals surface area contributed by atoms with Gasteiger partial charge in [0.15, 0.2) is 0 Å². The van der Waals surface area contributed by atoms with Crippen LogP contribution < -0.4 is 10.1 Å². The molecule has 1 rings (SSSR count). The van der Waals surface area contributed by atoms with Gasteiger partial charge in [0.25, 0.3) is 0 Å². The van der Waals surface area contributed by atoms with E-state index in [0.29, 0.717) is 10.8 Å². The summed E-state index contributed by atoms with van der Waals surface area (Å²) in [6, 6.07) is 5.54. The fourth-order valence-electron chi connectivity index (χ4n) is 1.25. The van der Waals surface area contributed by atoms with Gasteiger partial charge in [0.1, 0.15) is 17.4 Å². The predicted octanol–water partition coefficient (Wildman–Crippen LogP) is 3.16. The van der Waals surface area contributed by atoms with Crippen LogP contribution in [0.25, 0.3) is 0 Å². The number of rotatable bonds is 3. The highest BCUT2D eigenvalue weighted by Crippen LogP contribution is 2.16. The zero-order chi connectivity index (χ0) is 15.3. The number of carbonyl (C=O) groups excluding carboxylic acids is 2. The Bertz CT molecular complexity index is 479. The number of nitrogens with one attached hydrogen (secondary N) is 1. The summed E-state index contributed by atoms with van der Waals surface area (Å²) in [5, 5.41) is 2.95. The molecule has 0 aliphatic heterocycles. The molecule has 0 fully saturated rings. The molecule has 0 spiro atoms. The molecular formula is C14H18ClNO4. The summed E-state index contributed by atoms with van der Waals surface area (Å²) in [6.45, 7) is 6.73. The lowest BCUT2D eigenvalue weighted by atomic mass is 10.2. The highest BCUT2D eigenvalue weighted by atomic mass is 35.5. The maximum absolute atomic E-state index is 11.8. The van der Waals surface area contributed by atoms with Crippen LogP contribution >= 0.6 is 11.6 Å². The number of hydrogen-bond acceptors (Lipinski definition) is 4. The van der Waals surface area contributed by atoms with E-state index in [1.807, 2.05) is 0 Å². The van der Waals surface area contributed by atoms with Gasteiger partial charge in [-0.2, -0.15) is 0 Å². The highest BCUT2D eigenvalue weighted by molar-refractivity contribution is 6.30. The van der Waals surface area contributed by atoms with Gasteiger partial charge in [0, 0.05) is 5.02 Å². The van der Waals surface area contributed by atoms with Crippen molar-refractivity contribution in [3.05, 3.63) is 29.3 Å². The first-order chi connectivity index (χ1) is 9.17. The van der Waals surface area contributed by atoms with E-state index in [1.165, 1.54) is 6.92 Å². The summed E-state index contributed by atoms with van der Waals surface area (Å²) in [4.78, 5) is 23.3. The Morgan fingerprint density at radius 2 is 1.75 bits per heavy atom. The lowest BCUT2D eigenvalue weighted by Gasteiger charge is -2.21. The van der Waals surface area contributed by atoms with Crippen molar-refractivity contribution in [2.24, 2.45) is 0 Å². The molecule has 5 nitrogen and oxygen atoms in total. The van der Waals surface area contributed by atoms with Crippen LogP contribution in [0.3, 0.4) is 0 Å². The molecule has 1 aromatic rings. The van der Waals surface area contributed by atoms with Crippen LogP contribution in [0.1, 0.15) is 27.7 Å². The summed E-state index contributed by atoms with van der Waals surface area (Å²) in [5.41, 5.74) is -0.621. The Morgan fingerprint density at radius 3 is 2.25 bits per heavy atom. The average molecular weight is 300 g/mol. The van der Waals surface area contributed by atoms with E-state index in [0.717, 1.165) is 0 Å². The number of hydrogen-bond donors (Lipinski definition) is 1. The molecule has 0 radical (unpaired) electrons. The van der Waals surface area contributed by atoms with Crippen molar-refractivity contribution >= 4 is 23.7 Å². The van der Waals surface area contributed by atoms with Crippen molar-refractivity contribution < 1.29 is 19.1 Å². The first-order valence-electron chi connectivity index (χ1n) is 6.14. The van der Waals surface area contributed by atoms with Crippen LogP contribution in [-0.2, 0) is 9.53 Å². The van der Waals surface area contributed by atoms with Crippen LogP contribution in [0.5, 0.6) is 5.75 Å². The average Bonchev–Trinajstić information content (AvgIpc) is 2.29. The molecule has 1 atom stereocenters. The number of amides is 1. The quantitative estimate of drug-likeness (QED) is 0.688. The van der Waals surface area contributed by atoms with Gasteiger partial charge in [0.05, 0.1) is 0 Å². The lowest BCUT2D eigenvalue weighted by molar-refractivity contribution is -0.136. The van der Waals surface area contributed by atoms with Gasteiger partial charge in [-0.25, -0.2) is 9.59 Å². The first kappa shape index (κ1) is 16.3. The Kier molecular flexibility index (Phi) is 5.39. The number of carbonyl (C=O) groups is 2. The Morgan fingerprint density at radius 1 is 1.20 bits per heavy atom. The van der Waals surface area contributed by atoms with Crippen LogP contribution in [0.4, 0.5) is 4.79 Å². The zero-order valence-corrected chi connectivity index (χ0v) is 12.7. The van der Waals surface area contributed by atoms with E-state index in [-0.39, 0.29) is 0 Å². The number of benzene rings is 1. The van der Waals surface area contributed by atoms with Gasteiger partial charge in [-0.1, -0.05) is 11.6 Å². The molecule has 0 unspecified atom stereocenters. The molecule has 1 N–H and O–H groups in total. The minimum atomic E-state index is -0.819. The normalized spacial score (nSPS) is 12.4. The van der Waals surface area contributed by atoms with Crippen LogP contribution in [0, 0.1) is 0 Å². The van der Waals surface area contributed by atoms with Crippen molar-refractivity contribution in [3.63, 3.8) is 0 Å². The second-order valence-electron chi connectivity index (χ2n) is 5.24. The van der Waals surface area contributed by atoms with Gasteiger partial charge in [0.2, 0.25) is 0 Å². The number of ether oxygens (including phenoxy) is 2. The number of halogens is 1. The molecule has 0 saturated heterocycles. The van der Waals surface area contributed by atoms with Crippen molar-refractivity contribution in [3.8, 4) is 5.75 Å². The predicted molar refractivity (Wildman–Crippen MR) is 75.9 cm³/mol. The number of alkyl carbamates (subject to hydrolysis) is 1. The van der Waals surface area contributed by atoms with E-state index in [4.69, 9.17) is 21.1 Å². The third-order valence-corrected chi connectivity index (χ3v) is 2.37. The van der Waals surface area contributed by atoms with Gasteiger partial charge in [-0.3, -0.25) is 0 Å². The maximum atomic E-state index is 11.8. The minimum Gasteiger partial charge on any atom is -0.444 e. The second-order valence-corrected chi connectivity index (χ2v) is 5.68. The molecule has 110 valence electrons. The van der Waals surface area contributed by atoms with Crippen LogP contribution in [0.2, 0.25) is 5.02 Å². The third kappa shape index (κ3) is 5.93. The monoisotopic (exact) mass is 299 g/mol. The highest BCUT2D eigenvalue weighted by Gasteiger charge is 2.22. The third-order valence-electron chi connectivity index (χ3n) is 2.12. The Labute approximate surface area is 123 Å². The van der Waals surface area contributed by atoms with E-state index in [2.05, 4.69) is 5.32 Å². The summed E-state index contributed by atoms with van der Waals surface area (Å²) in [6.07, 6.45) is -0.668. The summed E-state index contributed by atoms with van der Waals surface area (Å²) in [5.74, 6) is -0.226. The summed E-state index contributed by atoms with van der Waals surface area (Å²) in [7, 11) is 0. The standard InChI is InChI=1S/C14H18ClNO4/c1-9(16-13(18)20-14(2,3)4)12(17)19-11-7-5-10(15)6-8-11/h5-9H,1-4H3,(H,16,18)/t9-/m0/s1. The fourth-order valence-corrected chi connectivity index (χ4v) is 1.38. The van der Waals surface area contributed by atoms with Crippen molar-refractivity contribution in [2.45, 2.75) is 39.3 Å². The van der Waals surface area contributed by atoms with E-state index < -0.39 is 23.7 Å².